The number of hydrogen-bond acceptors (Lipinski definition) is 3. The van der Waals surface area contributed by atoms with Crippen LogP contribution in [0.1, 0.15) is 31.4 Å². The summed E-state index contributed by atoms with van der Waals surface area (Å²) < 4.78 is 5.34. The smallest absolute Gasteiger partial charge is 0.119 e. The Morgan fingerprint density at radius 1 is 1.25 bits per heavy atom. The predicted molar refractivity (Wildman–Crippen MR) is 89.6 cm³/mol. The largest absolute Gasteiger partial charge is 0.497 e. The Morgan fingerprint density at radius 2 is 1.95 bits per heavy atom. The summed E-state index contributed by atoms with van der Waals surface area (Å²) in [5, 5.41) is 3.42. The van der Waals surface area contributed by atoms with Gasteiger partial charge in [-0.1, -0.05) is 25.5 Å². The zero-order chi connectivity index (χ0) is 12.8. The standard InChI is InChI=1S/C15H24N2O.2ClH/c1-3-5-15(17-10-8-16-9-11-17)13-6-4-7-14(12-13)18-2;;/h4,6-7,12,15-16H,3,5,8-11H2,1-2H3;2*1H/t15-;;/m1../s1. The van der Waals surface area contributed by atoms with E-state index in [2.05, 4.69) is 35.3 Å². The molecule has 1 atom stereocenters. The Bertz CT molecular complexity index is 371. The first-order valence-corrected chi connectivity index (χ1v) is 6.94. The molecule has 3 nitrogen and oxygen atoms in total. The van der Waals surface area contributed by atoms with Gasteiger partial charge in [0.2, 0.25) is 0 Å². The Kier molecular flexibility index (Phi) is 10.0. The first-order chi connectivity index (χ1) is 8.85. The van der Waals surface area contributed by atoms with Gasteiger partial charge in [0.15, 0.2) is 0 Å². The van der Waals surface area contributed by atoms with Crippen LogP contribution in [-0.4, -0.2) is 38.2 Å². The molecule has 1 aromatic rings. The van der Waals surface area contributed by atoms with Gasteiger partial charge in [0, 0.05) is 32.2 Å². The van der Waals surface area contributed by atoms with Gasteiger partial charge in [0.1, 0.15) is 5.75 Å². The number of hydrogen-bond donors (Lipinski definition) is 1. The van der Waals surface area contributed by atoms with Gasteiger partial charge >= 0.3 is 0 Å². The van der Waals surface area contributed by atoms with Crippen molar-refractivity contribution in [2.45, 2.75) is 25.8 Å². The van der Waals surface area contributed by atoms with Crippen molar-refractivity contribution in [1.82, 2.24) is 10.2 Å². The summed E-state index contributed by atoms with van der Waals surface area (Å²) in [4.78, 5) is 2.59. The summed E-state index contributed by atoms with van der Waals surface area (Å²) >= 11 is 0. The molecule has 0 aromatic heterocycles. The highest BCUT2D eigenvalue weighted by atomic mass is 35.5. The highest BCUT2D eigenvalue weighted by Gasteiger charge is 2.21. The Hall–Kier alpha value is -0.480. The maximum absolute atomic E-state index is 5.34. The maximum atomic E-state index is 5.34. The molecule has 1 heterocycles. The molecule has 1 aliphatic rings. The third-order valence-electron chi connectivity index (χ3n) is 3.63. The molecule has 20 heavy (non-hydrogen) atoms. The highest BCUT2D eigenvalue weighted by molar-refractivity contribution is 5.85. The fraction of sp³-hybridized carbons (Fsp3) is 0.600. The van der Waals surface area contributed by atoms with E-state index >= 15 is 0 Å². The molecule has 1 aromatic carbocycles. The van der Waals surface area contributed by atoms with Crippen LogP contribution >= 0.6 is 24.8 Å². The monoisotopic (exact) mass is 320 g/mol. The average molecular weight is 321 g/mol. The lowest BCUT2D eigenvalue weighted by Gasteiger charge is -2.35. The summed E-state index contributed by atoms with van der Waals surface area (Å²) in [6.45, 7) is 6.74. The molecule has 0 unspecified atom stereocenters. The van der Waals surface area contributed by atoms with Gasteiger partial charge in [0.05, 0.1) is 7.11 Å². The first kappa shape index (κ1) is 19.5. The minimum Gasteiger partial charge on any atom is -0.497 e. The van der Waals surface area contributed by atoms with E-state index in [0.29, 0.717) is 6.04 Å². The Morgan fingerprint density at radius 3 is 2.55 bits per heavy atom. The molecule has 0 aliphatic carbocycles. The van der Waals surface area contributed by atoms with Gasteiger partial charge in [-0.2, -0.15) is 0 Å². The van der Waals surface area contributed by atoms with Gasteiger partial charge in [0.25, 0.3) is 0 Å². The second kappa shape index (κ2) is 10.3. The maximum Gasteiger partial charge on any atom is 0.119 e. The molecule has 116 valence electrons. The zero-order valence-corrected chi connectivity index (χ0v) is 13.9. The lowest BCUT2D eigenvalue weighted by molar-refractivity contribution is 0.164. The molecule has 0 bridgehead atoms. The molecule has 5 heteroatoms. The summed E-state index contributed by atoms with van der Waals surface area (Å²) in [7, 11) is 1.73. The van der Waals surface area contributed by atoms with Gasteiger partial charge in [-0.05, 0) is 24.1 Å². The van der Waals surface area contributed by atoms with E-state index < -0.39 is 0 Å². The summed E-state index contributed by atoms with van der Waals surface area (Å²) in [5.74, 6) is 0.962. The van der Waals surface area contributed by atoms with Crippen molar-refractivity contribution in [2.24, 2.45) is 0 Å². The van der Waals surface area contributed by atoms with Crippen molar-refractivity contribution in [3.05, 3.63) is 29.8 Å². The van der Waals surface area contributed by atoms with E-state index in [1.54, 1.807) is 7.11 Å². The third-order valence-corrected chi connectivity index (χ3v) is 3.63. The highest BCUT2D eigenvalue weighted by Crippen LogP contribution is 2.28. The summed E-state index contributed by atoms with van der Waals surface area (Å²) in [6.07, 6.45) is 2.43. The van der Waals surface area contributed by atoms with Crippen LogP contribution < -0.4 is 10.1 Å². The second-order valence-electron chi connectivity index (χ2n) is 4.87. The van der Waals surface area contributed by atoms with E-state index in [4.69, 9.17) is 4.74 Å². The lowest BCUT2D eigenvalue weighted by atomic mass is 9.99. The van der Waals surface area contributed by atoms with Crippen molar-refractivity contribution in [3.63, 3.8) is 0 Å². The van der Waals surface area contributed by atoms with Gasteiger partial charge < -0.3 is 10.1 Å². The fourth-order valence-electron chi connectivity index (χ4n) is 2.68. The number of nitrogens with zero attached hydrogens (tertiary/aromatic N) is 1. The van der Waals surface area contributed by atoms with Crippen molar-refractivity contribution in [2.75, 3.05) is 33.3 Å². The van der Waals surface area contributed by atoms with Crippen LogP contribution in [0.4, 0.5) is 0 Å². The van der Waals surface area contributed by atoms with Crippen LogP contribution in [-0.2, 0) is 0 Å². The van der Waals surface area contributed by atoms with Crippen LogP contribution in [0, 0.1) is 0 Å². The minimum atomic E-state index is 0. The predicted octanol–water partition coefficient (Wildman–Crippen LogP) is 3.29. The first-order valence-electron chi connectivity index (χ1n) is 6.94. The normalized spacial score (nSPS) is 16.7. The van der Waals surface area contributed by atoms with E-state index in [1.165, 1.54) is 18.4 Å². The fourth-order valence-corrected chi connectivity index (χ4v) is 2.68. The molecule has 2 rings (SSSR count). The van der Waals surface area contributed by atoms with Crippen molar-refractivity contribution >= 4 is 24.8 Å². The van der Waals surface area contributed by atoms with E-state index in [1.807, 2.05) is 6.07 Å². The third kappa shape index (κ3) is 5.13. The van der Waals surface area contributed by atoms with E-state index in [-0.39, 0.29) is 24.8 Å². The molecular formula is C15H26Cl2N2O. The van der Waals surface area contributed by atoms with Gasteiger partial charge in [-0.3, -0.25) is 4.90 Å². The second-order valence-corrected chi connectivity index (χ2v) is 4.87. The minimum absolute atomic E-state index is 0. The number of ether oxygens (including phenoxy) is 1. The number of benzene rings is 1. The number of halogens is 2. The van der Waals surface area contributed by atoms with Gasteiger partial charge in [-0.25, -0.2) is 0 Å². The zero-order valence-electron chi connectivity index (χ0n) is 12.3. The molecule has 1 N–H and O–H groups in total. The molecule has 1 fully saturated rings. The molecular weight excluding hydrogens is 295 g/mol. The Balaban J connectivity index is 0.00000180. The van der Waals surface area contributed by atoms with Crippen molar-refractivity contribution < 1.29 is 4.74 Å². The summed E-state index contributed by atoms with van der Waals surface area (Å²) in [5.41, 5.74) is 1.39. The number of piperazine rings is 1. The SMILES string of the molecule is CCC[C@H](c1cccc(OC)c1)N1CCNCC1.Cl.Cl. The molecule has 0 amide bonds. The molecule has 1 saturated heterocycles. The van der Waals surface area contributed by atoms with Crippen LogP contribution in [0.3, 0.4) is 0 Å². The van der Waals surface area contributed by atoms with Crippen LogP contribution in [0.15, 0.2) is 24.3 Å². The quantitative estimate of drug-likeness (QED) is 0.901. The molecule has 0 saturated carbocycles. The topological polar surface area (TPSA) is 24.5 Å². The summed E-state index contributed by atoms with van der Waals surface area (Å²) in [6, 6.07) is 9.06. The van der Waals surface area contributed by atoms with Gasteiger partial charge in [-0.15, -0.1) is 24.8 Å². The Labute approximate surface area is 134 Å². The lowest BCUT2D eigenvalue weighted by Crippen LogP contribution is -2.45. The molecule has 0 spiro atoms. The molecule has 1 aliphatic heterocycles. The number of rotatable bonds is 5. The van der Waals surface area contributed by atoms with E-state index in [9.17, 15) is 0 Å². The number of methoxy groups -OCH3 is 1. The van der Waals surface area contributed by atoms with E-state index in [0.717, 1.165) is 31.9 Å². The average Bonchev–Trinajstić information content (AvgIpc) is 2.46. The van der Waals surface area contributed by atoms with Crippen LogP contribution in [0.5, 0.6) is 5.75 Å². The van der Waals surface area contributed by atoms with Crippen molar-refractivity contribution in [3.8, 4) is 5.75 Å². The van der Waals surface area contributed by atoms with Crippen LogP contribution in [0.25, 0.3) is 0 Å². The van der Waals surface area contributed by atoms with Crippen LogP contribution in [0.2, 0.25) is 0 Å². The van der Waals surface area contributed by atoms with Crippen molar-refractivity contribution in [1.29, 1.82) is 0 Å². The number of nitrogens with one attached hydrogen (secondary N) is 1. The molecule has 0 radical (unpaired) electrons.